The van der Waals surface area contributed by atoms with Gasteiger partial charge in [0.15, 0.2) is 0 Å². The van der Waals surface area contributed by atoms with Gasteiger partial charge in [-0.1, -0.05) is 6.42 Å². The molecule has 0 saturated heterocycles. The zero-order chi connectivity index (χ0) is 10.5. The number of hydrogen-bond donors (Lipinski definition) is 1. The van der Waals surface area contributed by atoms with E-state index in [1.165, 1.54) is 0 Å². The van der Waals surface area contributed by atoms with Crippen molar-refractivity contribution in [3.63, 3.8) is 0 Å². The number of terminal acetylenes is 1. The maximum Gasteiger partial charge on any atom is 0.0363 e. The predicted octanol–water partition coefficient (Wildman–Crippen LogP) is 2.15. The Kier molecular flexibility index (Phi) is 4.40. The lowest BCUT2D eigenvalue weighted by atomic mass is 10.1. The zero-order valence-electron chi connectivity index (χ0n) is 9.26. The van der Waals surface area contributed by atoms with Gasteiger partial charge in [0.25, 0.3) is 0 Å². The van der Waals surface area contributed by atoms with Crippen molar-refractivity contribution in [3.05, 3.63) is 12.4 Å². The van der Waals surface area contributed by atoms with Gasteiger partial charge in [0.2, 0.25) is 0 Å². The standard InChI is InChI=1S/C11H20N2/c1-7-13(10(2)3)9-8-12-11(4,5)6/h1,8-10,12H,2-6H3/b9-8-. The largest absolute Gasteiger partial charge is 0.385 e. The summed E-state index contributed by atoms with van der Waals surface area (Å²) in [5, 5.41) is 3.22. The van der Waals surface area contributed by atoms with E-state index in [9.17, 15) is 0 Å². The highest BCUT2D eigenvalue weighted by Gasteiger charge is 2.05. The SMILES string of the molecule is C#CN(/C=C\NC(C)(C)C)C(C)C. The first kappa shape index (κ1) is 11.9. The van der Waals surface area contributed by atoms with Crippen molar-refractivity contribution in [1.82, 2.24) is 10.2 Å². The van der Waals surface area contributed by atoms with E-state index in [2.05, 4.69) is 46.0 Å². The Morgan fingerprint density at radius 2 is 1.92 bits per heavy atom. The van der Waals surface area contributed by atoms with Gasteiger partial charge in [-0.3, -0.25) is 0 Å². The molecule has 0 fully saturated rings. The minimum absolute atomic E-state index is 0.0910. The topological polar surface area (TPSA) is 15.3 Å². The van der Waals surface area contributed by atoms with Gasteiger partial charge in [0, 0.05) is 30.0 Å². The van der Waals surface area contributed by atoms with Crippen LogP contribution in [0.3, 0.4) is 0 Å². The molecular weight excluding hydrogens is 160 g/mol. The summed E-state index contributed by atoms with van der Waals surface area (Å²) in [6, 6.07) is 2.93. The van der Waals surface area contributed by atoms with E-state index in [-0.39, 0.29) is 5.54 Å². The molecule has 0 atom stereocenters. The lowest BCUT2D eigenvalue weighted by Gasteiger charge is -2.21. The highest BCUT2D eigenvalue weighted by Crippen LogP contribution is 2.00. The zero-order valence-corrected chi connectivity index (χ0v) is 9.26. The third-order valence-corrected chi connectivity index (χ3v) is 1.46. The molecule has 0 amide bonds. The van der Waals surface area contributed by atoms with E-state index in [4.69, 9.17) is 6.42 Å². The summed E-state index contributed by atoms with van der Waals surface area (Å²) in [6.45, 7) is 10.4. The van der Waals surface area contributed by atoms with Crippen molar-refractivity contribution in [2.24, 2.45) is 0 Å². The van der Waals surface area contributed by atoms with Crippen LogP contribution in [0.1, 0.15) is 34.6 Å². The first-order chi connectivity index (χ1) is 5.87. The Hall–Kier alpha value is -1.10. The van der Waals surface area contributed by atoms with Gasteiger partial charge >= 0.3 is 0 Å². The van der Waals surface area contributed by atoms with E-state index in [1.807, 2.05) is 17.3 Å². The molecule has 0 heterocycles. The predicted molar refractivity (Wildman–Crippen MR) is 57.8 cm³/mol. The fourth-order valence-corrected chi connectivity index (χ4v) is 0.732. The molecule has 0 saturated carbocycles. The van der Waals surface area contributed by atoms with Crippen LogP contribution in [-0.4, -0.2) is 16.5 Å². The molecule has 0 unspecified atom stereocenters. The van der Waals surface area contributed by atoms with Crippen molar-refractivity contribution in [2.45, 2.75) is 46.2 Å². The second-order valence-corrected chi connectivity index (χ2v) is 4.34. The molecule has 1 N–H and O–H groups in total. The summed E-state index contributed by atoms with van der Waals surface area (Å²) < 4.78 is 0. The maximum absolute atomic E-state index is 5.32. The van der Waals surface area contributed by atoms with Gasteiger partial charge in [-0.05, 0) is 34.6 Å². The Balaban J connectivity index is 4.04. The molecular formula is C11H20N2. The minimum Gasteiger partial charge on any atom is -0.385 e. The van der Waals surface area contributed by atoms with Crippen molar-refractivity contribution in [1.29, 1.82) is 0 Å². The van der Waals surface area contributed by atoms with Gasteiger partial charge in [-0.15, -0.1) is 0 Å². The van der Waals surface area contributed by atoms with Gasteiger partial charge in [-0.2, -0.15) is 0 Å². The summed E-state index contributed by atoms with van der Waals surface area (Å²) >= 11 is 0. The summed E-state index contributed by atoms with van der Waals surface area (Å²) in [6.07, 6.45) is 9.09. The summed E-state index contributed by atoms with van der Waals surface area (Å²) in [7, 11) is 0. The van der Waals surface area contributed by atoms with Gasteiger partial charge in [-0.25, -0.2) is 0 Å². The van der Waals surface area contributed by atoms with E-state index < -0.39 is 0 Å². The molecule has 0 aromatic rings. The maximum atomic E-state index is 5.32. The average Bonchev–Trinajstić information content (AvgIpc) is 1.95. The molecule has 2 nitrogen and oxygen atoms in total. The third-order valence-electron chi connectivity index (χ3n) is 1.46. The summed E-state index contributed by atoms with van der Waals surface area (Å²) in [5.41, 5.74) is 0.0910. The van der Waals surface area contributed by atoms with E-state index in [1.54, 1.807) is 0 Å². The van der Waals surface area contributed by atoms with Crippen LogP contribution in [0.2, 0.25) is 0 Å². The quantitative estimate of drug-likeness (QED) is 0.529. The second-order valence-electron chi connectivity index (χ2n) is 4.34. The second kappa shape index (κ2) is 4.81. The highest BCUT2D eigenvalue weighted by molar-refractivity contribution is 4.97. The monoisotopic (exact) mass is 180 g/mol. The third kappa shape index (κ3) is 6.10. The van der Waals surface area contributed by atoms with Crippen molar-refractivity contribution in [3.8, 4) is 12.5 Å². The Labute approximate surface area is 82.0 Å². The molecule has 74 valence electrons. The summed E-state index contributed by atoms with van der Waals surface area (Å²) in [5.74, 6) is 0. The normalized spacial score (nSPS) is 11.8. The molecule has 0 aromatic heterocycles. The molecule has 2 heteroatoms. The molecule has 13 heavy (non-hydrogen) atoms. The van der Waals surface area contributed by atoms with Crippen LogP contribution in [0.5, 0.6) is 0 Å². The van der Waals surface area contributed by atoms with Crippen LogP contribution in [-0.2, 0) is 0 Å². The van der Waals surface area contributed by atoms with Crippen molar-refractivity contribution >= 4 is 0 Å². The lowest BCUT2D eigenvalue weighted by Crippen LogP contribution is -2.32. The number of hydrogen-bond acceptors (Lipinski definition) is 2. The van der Waals surface area contributed by atoms with E-state index >= 15 is 0 Å². The van der Waals surface area contributed by atoms with Gasteiger partial charge in [0.05, 0.1) is 0 Å². The Morgan fingerprint density at radius 3 is 2.23 bits per heavy atom. The molecule has 0 spiro atoms. The van der Waals surface area contributed by atoms with Crippen LogP contribution in [0.4, 0.5) is 0 Å². The van der Waals surface area contributed by atoms with Crippen LogP contribution in [0, 0.1) is 12.5 Å². The molecule has 0 bridgehead atoms. The molecule has 0 aromatic carbocycles. The van der Waals surface area contributed by atoms with E-state index in [0.29, 0.717) is 6.04 Å². The molecule has 0 aliphatic rings. The van der Waals surface area contributed by atoms with Crippen LogP contribution < -0.4 is 5.32 Å². The first-order valence-electron chi connectivity index (χ1n) is 4.56. The Bertz CT molecular complexity index is 203. The number of nitrogens with zero attached hydrogens (tertiary/aromatic N) is 1. The fraction of sp³-hybridized carbons (Fsp3) is 0.636. The first-order valence-corrected chi connectivity index (χ1v) is 4.56. The molecule has 0 aliphatic carbocycles. The van der Waals surface area contributed by atoms with Gasteiger partial charge < -0.3 is 10.2 Å². The molecule has 0 radical (unpaired) electrons. The molecule has 0 aliphatic heterocycles. The van der Waals surface area contributed by atoms with Crippen molar-refractivity contribution in [2.75, 3.05) is 0 Å². The Morgan fingerprint density at radius 1 is 1.38 bits per heavy atom. The lowest BCUT2D eigenvalue weighted by molar-refractivity contribution is 0.429. The summed E-state index contributed by atoms with van der Waals surface area (Å²) in [4.78, 5) is 1.82. The van der Waals surface area contributed by atoms with Crippen molar-refractivity contribution < 1.29 is 0 Å². The average molecular weight is 180 g/mol. The van der Waals surface area contributed by atoms with Gasteiger partial charge in [0.1, 0.15) is 0 Å². The van der Waals surface area contributed by atoms with Crippen LogP contribution >= 0.6 is 0 Å². The highest BCUT2D eigenvalue weighted by atomic mass is 15.1. The van der Waals surface area contributed by atoms with E-state index in [0.717, 1.165) is 0 Å². The fourth-order valence-electron chi connectivity index (χ4n) is 0.732. The van der Waals surface area contributed by atoms with Crippen LogP contribution in [0.25, 0.3) is 0 Å². The smallest absolute Gasteiger partial charge is 0.0363 e. The minimum atomic E-state index is 0.0910. The number of nitrogens with one attached hydrogen (secondary N) is 1. The molecule has 0 rings (SSSR count). The van der Waals surface area contributed by atoms with Crippen LogP contribution in [0.15, 0.2) is 12.4 Å². The number of rotatable bonds is 3.